The van der Waals surface area contributed by atoms with E-state index in [1.165, 1.54) is 6.07 Å². The molecule has 0 amide bonds. The molecule has 0 aromatic carbocycles. The Bertz CT molecular complexity index is 831. The summed E-state index contributed by atoms with van der Waals surface area (Å²) in [5.41, 5.74) is 8.03. The zero-order valence-corrected chi connectivity index (χ0v) is 13.6. The number of aromatic carboxylic acids is 1. The summed E-state index contributed by atoms with van der Waals surface area (Å²) in [6.45, 7) is 1.62. The largest absolute Gasteiger partial charge is 1.00 e. The van der Waals surface area contributed by atoms with E-state index in [1.54, 1.807) is 36.0 Å². The second-order valence-corrected chi connectivity index (χ2v) is 4.33. The van der Waals surface area contributed by atoms with Gasteiger partial charge in [-0.3, -0.25) is 4.98 Å². The molecule has 0 saturated heterocycles. The molecule has 0 fully saturated rings. The number of aromatic nitrogens is 4. The number of anilines is 1. The number of aryl methyl sites for hydroxylation is 1. The number of nitrogens with zero attached hydrogens (tertiary/aromatic N) is 4. The van der Waals surface area contributed by atoms with Gasteiger partial charge in [0, 0.05) is 29.2 Å². The fraction of sp³-hybridized carbons (Fsp3) is 0.0769. The number of rotatable bonds is 2. The van der Waals surface area contributed by atoms with Gasteiger partial charge in [-0.1, -0.05) is 0 Å². The van der Waals surface area contributed by atoms with Gasteiger partial charge in [-0.15, -0.1) is 5.10 Å². The fourth-order valence-corrected chi connectivity index (χ4v) is 1.98. The number of carbonyl (C=O) groups is 1. The first-order valence-electron chi connectivity index (χ1n) is 5.85. The number of hydrogen-bond acceptors (Lipinski definition) is 6. The van der Waals surface area contributed by atoms with Crippen LogP contribution in [0.1, 0.15) is 16.1 Å². The number of carbonyl (C=O) groups excluding carboxylic acids is 1. The molecule has 8 heteroatoms. The van der Waals surface area contributed by atoms with E-state index >= 15 is 0 Å². The minimum absolute atomic E-state index is 0. The molecule has 0 saturated carbocycles. The molecule has 0 atom stereocenters. The molecule has 2 N–H and O–H groups in total. The summed E-state index contributed by atoms with van der Waals surface area (Å²) in [4.78, 5) is 19.2. The Hall–Kier alpha value is -1.96. The maximum Gasteiger partial charge on any atom is 1.00 e. The van der Waals surface area contributed by atoms with Crippen LogP contribution in [0.3, 0.4) is 0 Å². The number of pyridine rings is 2. The van der Waals surface area contributed by atoms with Gasteiger partial charge in [-0.25, -0.2) is 4.52 Å². The van der Waals surface area contributed by atoms with Crippen LogP contribution in [0.5, 0.6) is 0 Å². The van der Waals surface area contributed by atoms with Crippen molar-refractivity contribution in [2.24, 2.45) is 0 Å². The van der Waals surface area contributed by atoms with Gasteiger partial charge in [-0.2, -0.15) is 4.98 Å². The zero-order chi connectivity index (χ0) is 14.3. The molecule has 3 heterocycles. The van der Waals surface area contributed by atoms with Crippen molar-refractivity contribution in [1.82, 2.24) is 19.6 Å². The van der Waals surface area contributed by atoms with Crippen LogP contribution in [-0.2, 0) is 0 Å². The van der Waals surface area contributed by atoms with Crippen LogP contribution in [-0.4, -0.2) is 25.6 Å². The summed E-state index contributed by atoms with van der Waals surface area (Å²) < 4.78 is 1.54. The van der Waals surface area contributed by atoms with Crippen molar-refractivity contribution < 1.29 is 39.5 Å². The predicted octanol–water partition coefficient (Wildman–Crippen LogP) is -2.95. The number of hydrogen-bond donors (Lipinski definition) is 1. The van der Waals surface area contributed by atoms with Crippen LogP contribution < -0.4 is 40.4 Å². The monoisotopic (exact) mass is 291 g/mol. The molecular weight excluding hydrogens is 281 g/mol. The van der Waals surface area contributed by atoms with Crippen LogP contribution in [0, 0.1) is 6.92 Å². The molecule has 0 aliphatic rings. The van der Waals surface area contributed by atoms with E-state index in [1.807, 2.05) is 0 Å². The average Bonchev–Trinajstić information content (AvgIpc) is 2.78. The van der Waals surface area contributed by atoms with Gasteiger partial charge < -0.3 is 15.6 Å². The van der Waals surface area contributed by atoms with E-state index in [0.29, 0.717) is 16.9 Å². The van der Waals surface area contributed by atoms with Crippen molar-refractivity contribution in [2.45, 2.75) is 6.92 Å². The standard InChI is InChI=1S/C13H11N5O2.Na/c1-7-10(12(19)20)4-9(6-15-7)8-2-3-18-11(5-8)16-13(14)17-18;/h2-6H,1H3,(H2,14,17)(H,19,20);/q;+1/p-1. The Labute approximate surface area is 142 Å². The van der Waals surface area contributed by atoms with Gasteiger partial charge in [0.15, 0.2) is 5.65 Å². The molecule has 0 bridgehead atoms. The van der Waals surface area contributed by atoms with Crippen LogP contribution >= 0.6 is 0 Å². The third-order valence-electron chi connectivity index (χ3n) is 2.99. The molecule has 0 radical (unpaired) electrons. The Kier molecular flexibility index (Phi) is 4.26. The van der Waals surface area contributed by atoms with Crippen molar-refractivity contribution in [3.8, 4) is 11.1 Å². The smallest absolute Gasteiger partial charge is 0.545 e. The summed E-state index contributed by atoms with van der Waals surface area (Å²) >= 11 is 0. The molecule has 0 aliphatic carbocycles. The van der Waals surface area contributed by atoms with Gasteiger partial charge in [0.25, 0.3) is 0 Å². The third-order valence-corrected chi connectivity index (χ3v) is 2.99. The van der Waals surface area contributed by atoms with Gasteiger partial charge in [0.2, 0.25) is 5.95 Å². The number of nitrogen functional groups attached to an aromatic ring is 1. The summed E-state index contributed by atoms with van der Waals surface area (Å²) in [6, 6.07) is 5.07. The van der Waals surface area contributed by atoms with Crippen LogP contribution in [0.25, 0.3) is 16.8 Å². The summed E-state index contributed by atoms with van der Waals surface area (Å²) in [6.07, 6.45) is 3.31. The molecule has 3 aromatic heterocycles. The molecule has 7 nitrogen and oxygen atoms in total. The molecule has 3 rings (SSSR count). The van der Waals surface area contributed by atoms with E-state index in [0.717, 1.165) is 5.56 Å². The van der Waals surface area contributed by atoms with Crippen molar-refractivity contribution in [3.63, 3.8) is 0 Å². The first kappa shape index (κ1) is 15.4. The number of nitrogens with two attached hydrogens (primary N) is 1. The maximum absolute atomic E-state index is 11.0. The van der Waals surface area contributed by atoms with Crippen molar-refractivity contribution in [2.75, 3.05) is 5.73 Å². The number of carboxylic acids is 1. The normalized spacial score (nSPS) is 10.3. The van der Waals surface area contributed by atoms with Crippen LogP contribution in [0.4, 0.5) is 5.95 Å². The minimum atomic E-state index is -1.25. The molecular formula is C13H10N5NaO2. The van der Waals surface area contributed by atoms with E-state index in [-0.39, 0.29) is 41.1 Å². The van der Waals surface area contributed by atoms with Gasteiger partial charge in [-0.05, 0) is 30.7 Å². The molecule has 21 heavy (non-hydrogen) atoms. The Balaban J connectivity index is 0.00000161. The first-order valence-corrected chi connectivity index (χ1v) is 5.85. The second-order valence-electron chi connectivity index (χ2n) is 4.33. The van der Waals surface area contributed by atoms with Crippen LogP contribution in [0.15, 0.2) is 30.6 Å². The predicted molar refractivity (Wildman–Crippen MR) is 69.7 cm³/mol. The Morgan fingerprint density at radius 1 is 1.33 bits per heavy atom. The number of carboxylic acid groups (broad SMARTS) is 1. The topological polar surface area (TPSA) is 109 Å². The fourth-order valence-electron chi connectivity index (χ4n) is 1.98. The van der Waals surface area contributed by atoms with Crippen molar-refractivity contribution in [1.29, 1.82) is 0 Å². The molecule has 0 spiro atoms. The quantitative estimate of drug-likeness (QED) is 0.506. The SMILES string of the molecule is Cc1ncc(-c2ccn3nc(N)nc3c2)cc1C(=O)[O-].[Na+]. The molecule has 0 unspecified atom stereocenters. The first-order chi connectivity index (χ1) is 9.54. The maximum atomic E-state index is 11.0. The van der Waals surface area contributed by atoms with Crippen molar-refractivity contribution >= 4 is 17.6 Å². The van der Waals surface area contributed by atoms with E-state index in [2.05, 4.69) is 15.1 Å². The Morgan fingerprint density at radius 3 is 2.81 bits per heavy atom. The molecule has 0 aliphatic heterocycles. The minimum Gasteiger partial charge on any atom is -0.545 e. The third kappa shape index (κ3) is 2.90. The van der Waals surface area contributed by atoms with E-state index in [9.17, 15) is 9.90 Å². The summed E-state index contributed by atoms with van der Waals surface area (Å²) in [5, 5.41) is 15.0. The average molecular weight is 291 g/mol. The summed E-state index contributed by atoms with van der Waals surface area (Å²) in [7, 11) is 0. The summed E-state index contributed by atoms with van der Waals surface area (Å²) in [5.74, 6) is -1.07. The number of fused-ring (bicyclic) bond motifs is 1. The van der Waals surface area contributed by atoms with Crippen molar-refractivity contribution in [3.05, 3.63) is 41.9 Å². The van der Waals surface area contributed by atoms with Gasteiger partial charge >= 0.3 is 29.6 Å². The Morgan fingerprint density at radius 2 is 2.10 bits per heavy atom. The zero-order valence-electron chi connectivity index (χ0n) is 11.6. The van der Waals surface area contributed by atoms with E-state index < -0.39 is 5.97 Å². The van der Waals surface area contributed by atoms with Crippen LogP contribution in [0.2, 0.25) is 0 Å². The van der Waals surface area contributed by atoms with Gasteiger partial charge in [0.1, 0.15) is 0 Å². The van der Waals surface area contributed by atoms with Gasteiger partial charge in [0.05, 0.1) is 5.97 Å². The second kappa shape index (κ2) is 5.80. The van der Waals surface area contributed by atoms with E-state index in [4.69, 9.17) is 5.73 Å². The molecule has 3 aromatic rings. The molecule has 100 valence electrons.